The van der Waals surface area contributed by atoms with Crippen LogP contribution in [0, 0.1) is 0 Å². The van der Waals surface area contributed by atoms with E-state index >= 15 is 0 Å². The van der Waals surface area contributed by atoms with Gasteiger partial charge in [-0.1, -0.05) is 0 Å². The lowest BCUT2D eigenvalue weighted by molar-refractivity contribution is -0.143. The average Bonchev–Trinajstić information content (AvgIpc) is 1.82. The fourth-order valence-corrected chi connectivity index (χ4v) is 0.214. The van der Waals surface area contributed by atoms with Crippen molar-refractivity contribution in [3.8, 4) is 0 Å². The molecule has 0 aliphatic rings. The SMILES string of the molecule is CN(C)N.O=C(O)CCC(=O)O. The number of rotatable bonds is 3. The smallest absolute Gasteiger partial charge is 0.303 e. The molecule has 0 aromatic carbocycles. The molecule has 0 fully saturated rings. The highest BCUT2D eigenvalue weighted by atomic mass is 16.4. The monoisotopic (exact) mass is 178 g/mol. The Balaban J connectivity index is 0. The van der Waals surface area contributed by atoms with Gasteiger partial charge in [-0.05, 0) is 0 Å². The van der Waals surface area contributed by atoms with Crippen LogP contribution in [0.5, 0.6) is 0 Å². The Hall–Kier alpha value is -1.14. The third-order valence-corrected chi connectivity index (χ3v) is 0.553. The third-order valence-electron chi connectivity index (χ3n) is 0.553. The minimum atomic E-state index is -1.08. The first-order valence-corrected chi connectivity index (χ1v) is 3.22. The zero-order valence-electron chi connectivity index (χ0n) is 7.15. The molecular weight excluding hydrogens is 164 g/mol. The Kier molecular flexibility index (Phi) is 8.92. The van der Waals surface area contributed by atoms with Crippen LogP contribution in [-0.2, 0) is 9.59 Å². The fourth-order valence-electron chi connectivity index (χ4n) is 0.214. The predicted molar refractivity (Wildman–Crippen MR) is 42.4 cm³/mol. The van der Waals surface area contributed by atoms with Crippen molar-refractivity contribution in [1.82, 2.24) is 5.01 Å². The van der Waals surface area contributed by atoms with E-state index in [1.165, 1.54) is 5.01 Å². The molecule has 0 aliphatic heterocycles. The van der Waals surface area contributed by atoms with Crippen molar-refractivity contribution in [2.24, 2.45) is 5.84 Å². The Labute approximate surface area is 70.6 Å². The molecule has 4 N–H and O–H groups in total. The normalized spacial score (nSPS) is 8.67. The van der Waals surface area contributed by atoms with E-state index in [0.29, 0.717) is 0 Å². The summed E-state index contributed by atoms with van der Waals surface area (Å²) in [5.41, 5.74) is 0. The zero-order valence-corrected chi connectivity index (χ0v) is 7.15. The van der Waals surface area contributed by atoms with Gasteiger partial charge in [0.2, 0.25) is 0 Å². The van der Waals surface area contributed by atoms with E-state index in [1.54, 1.807) is 14.1 Å². The number of hydrazine groups is 1. The molecule has 0 radical (unpaired) electrons. The molecule has 0 atom stereocenters. The minimum Gasteiger partial charge on any atom is -0.481 e. The molecular formula is C6H14N2O4. The summed E-state index contributed by atoms with van der Waals surface area (Å²) in [6, 6.07) is 0. The largest absolute Gasteiger partial charge is 0.481 e. The molecule has 6 nitrogen and oxygen atoms in total. The fraction of sp³-hybridized carbons (Fsp3) is 0.667. The van der Waals surface area contributed by atoms with E-state index in [2.05, 4.69) is 0 Å². The van der Waals surface area contributed by atoms with E-state index in [0.717, 1.165) is 0 Å². The van der Waals surface area contributed by atoms with Gasteiger partial charge in [-0.2, -0.15) is 0 Å². The van der Waals surface area contributed by atoms with Crippen LogP contribution in [0.25, 0.3) is 0 Å². The quantitative estimate of drug-likeness (QED) is 0.392. The molecule has 0 aromatic rings. The number of carboxylic acid groups (broad SMARTS) is 2. The van der Waals surface area contributed by atoms with Gasteiger partial charge in [0, 0.05) is 14.1 Å². The molecule has 0 rings (SSSR count). The summed E-state index contributed by atoms with van der Waals surface area (Å²) in [4.78, 5) is 19.3. The second kappa shape index (κ2) is 7.96. The van der Waals surface area contributed by atoms with Crippen molar-refractivity contribution in [2.75, 3.05) is 14.1 Å². The topological polar surface area (TPSA) is 104 Å². The lowest BCUT2D eigenvalue weighted by atomic mass is 10.3. The number of nitrogens with zero attached hydrogens (tertiary/aromatic N) is 1. The van der Waals surface area contributed by atoms with Crippen LogP contribution >= 0.6 is 0 Å². The maximum atomic E-state index is 9.64. The van der Waals surface area contributed by atoms with Crippen molar-refractivity contribution >= 4 is 11.9 Å². The first-order valence-electron chi connectivity index (χ1n) is 3.22. The summed E-state index contributed by atoms with van der Waals surface area (Å²) in [5.74, 6) is 2.79. The summed E-state index contributed by atoms with van der Waals surface area (Å²) in [6.45, 7) is 0. The maximum Gasteiger partial charge on any atom is 0.303 e. The first-order chi connectivity index (χ1) is 5.36. The van der Waals surface area contributed by atoms with E-state index in [9.17, 15) is 9.59 Å². The predicted octanol–water partition coefficient (Wildman–Crippen LogP) is -0.642. The number of hydrogen-bond acceptors (Lipinski definition) is 4. The molecule has 0 saturated carbocycles. The molecule has 0 spiro atoms. The Morgan fingerprint density at radius 3 is 1.42 bits per heavy atom. The molecule has 0 aromatic heterocycles. The summed E-state index contributed by atoms with van der Waals surface area (Å²) in [5, 5.41) is 17.3. The summed E-state index contributed by atoms with van der Waals surface area (Å²) >= 11 is 0. The molecule has 72 valence electrons. The molecule has 12 heavy (non-hydrogen) atoms. The summed E-state index contributed by atoms with van der Waals surface area (Å²) in [6.07, 6.45) is -0.593. The Morgan fingerprint density at radius 2 is 1.33 bits per heavy atom. The lowest BCUT2D eigenvalue weighted by Crippen LogP contribution is -2.18. The van der Waals surface area contributed by atoms with Gasteiger partial charge in [0.1, 0.15) is 0 Å². The second-order valence-electron chi connectivity index (χ2n) is 2.25. The van der Waals surface area contributed by atoms with Crippen molar-refractivity contribution in [3.05, 3.63) is 0 Å². The zero-order chi connectivity index (χ0) is 10.1. The third kappa shape index (κ3) is 36.7. The Morgan fingerprint density at radius 1 is 1.17 bits per heavy atom. The van der Waals surface area contributed by atoms with Crippen LogP contribution in [0.3, 0.4) is 0 Å². The van der Waals surface area contributed by atoms with Gasteiger partial charge in [0.15, 0.2) is 0 Å². The van der Waals surface area contributed by atoms with E-state index in [-0.39, 0.29) is 12.8 Å². The highest BCUT2D eigenvalue weighted by molar-refractivity contribution is 5.75. The van der Waals surface area contributed by atoms with E-state index in [4.69, 9.17) is 16.1 Å². The molecule has 0 heterocycles. The lowest BCUT2D eigenvalue weighted by Gasteiger charge is -1.91. The van der Waals surface area contributed by atoms with Gasteiger partial charge in [0.05, 0.1) is 12.8 Å². The molecule has 0 unspecified atom stereocenters. The molecule has 0 aliphatic carbocycles. The van der Waals surface area contributed by atoms with Gasteiger partial charge in [-0.25, -0.2) is 0 Å². The standard InChI is InChI=1S/C4H6O4.C2H8N2/c5-3(6)1-2-4(7)8;1-4(2)3/h1-2H2,(H,5,6)(H,7,8);3H2,1-2H3. The first kappa shape index (κ1) is 13.4. The Bertz CT molecular complexity index is 130. The van der Waals surface area contributed by atoms with Crippen LogP contribution in [0.15, 0.2) is 0 Å². The molecule has 6 heteroatoms. The number of aliphatic carboxylic acids is 2. The summed E-state index contributed by atoms with van der Waals surface area (Å²) < 4.78 is 0. The van der Waals surface area contributed by atoms with Gasteiger partial charge in [-0.15, -0.1) is 0 Å². The average molecular weight is 178 g/mol. The molecule has 0 bridgehead atoms. The van der Waals surface area contributed by atoms with E-state index < -0.39 is 11.9 Å². The second-order valence-corrected chi connectivity index (χ2v) is 2.25. The summed E-state index contributed by atoms with van der Waals surface area (Å²) in [7, 11) is 3.56. The minimum absolute atomic E-state index is 0.296. The van der Waals surface area contributed by atoms with Crippen LogP contribution in [0.1, 0.15) is 12.8 Å². The van der Waals surface area contributed by atoms with Gasteiger partial charge in [-0.3, -0.25) is 20.4 Å². The molecule has 0 amide bonds. The van der Waals surface area contributed by atoms with Crippen LogP contribution < -0.4 is 5.84 Å². The van der Waals surface area contributed by atoms with Crippen molar-refractivity contribution in [1.29, 1.82) is 0 Å². The van der Waals surface area contributed by atoms with Gasteiger partial charge < -0.3 is 10.2 Å². The van der Waals surface area contributed by atoms with Crippen molar-refractivity contribution < 1.29 is 19.8 Å². The molecule has 0 saturated heterocycles. The van der Waals surface area contributed by atoms with Crippen molar-refractivity contribution in [3.63, 3.8) is 0 Å². The van der Waals surface area contributed by atoms with Crippen LogP contribution in [-0.4, -0.2) is 41.3 Å². The van der Waals surface area contributed by atoms with Crippen LogP contribution in [0.2, 0.25) is 0 Å². The number of hydrogen-bond donors (Lipinski definition) is 3. The number of carbonyl (C=O) groups is 2. The highest BCUT2D eigenvalue weighted by Gasteiger charge is 2.00. The highest BCUT2D eigenvalue weighted by Crippen LogP contribution is 1.86. The van der Waals surface area contributed by atoms with Gasteiger partial charge >= 0.3 is 11.9 Å². The number of carboxylic acids is 2. The number of nitrogens with two attached hydrogens (primary N) is 1. The maximum absolute atomic E-state index is 9.64. The van der Waals surface area contributed by atoms with E-state index in [1.807, 2.05) is 0 Å². The van der Waals surface area contributed by atoms with Gasteiger partial charge in [0.25, 0.3) is 0 Å². The van der Waals surface area contributed by atoms with Crippen molar-refractivity contribution in [2.45, 2.75) is 12.8 Å². The van der Waals surface area contributed by atoms with Crippen LogP contribution in [0.4, 0.5) is 0 Å².